The van der Waals surface area contributed by atoms with Crippen molar-refractivity contribution in [2.45, 2.75) is 0 Å². The molecule has 0 saturated carbocycles. The van der Waals surface area contributed by atoms with E-state index in [1.807, 2.05) is 0 Å². The first-order valence-corrected chi connectivity index (χ1v) is 6.23. The SMILES string of the molecule is COc1cc(C(=O)C=Cc2ccco2)c([N+](=O)[O-])cc1OC. The fraction of sp³-hybridized carbons (Fsp3) is 0.133. The van der Waals surface area contributed by atoms with Gasteiger partial charge in [-0.15, -0.1) is 0 Å². The largest absolute Gasteiger partial charge is 0.493 e. The molecule has 22 heavy (non-hydrogen) atoms. The van der Waals surface area contributed by atoms with Gasteiger partial charge in [0, 0.05) is 6.07 Å². The Balaban J connectivity index is 2.43. The average molecular weight is 303 g/mol. The van der Waals surface area contributed by atoms with Crippen LogP contribution in [0.5, 0.6) is 11.5 Å². The van der Waals surface area contributed by atoms with Crippen LogP contribution in [0.3, 0.4) is 0 Å². The standard InChI is InChI=1S/C15H13NO6/c1-20-14-8-11(12(16(18)19)9-15(14)21-2)13(17)6-5-10-4-3-7-22-10/h3-9H,1-2H3. The van der Waals surface area contributed by atoms with Crippen LogP contribution in [0, 0.1) is 10.1 Å². The van der Waals surface area contributed by atoms with Crippen molar-refractivity contribution in [2.24, 2.45) is 0 Å². The molecule has 0 fully saturated rings. The van der Waals surface area contributed by atoms with Gasteiger partial charge >= 0.3 is 0 Å². The summed E-state index contributed by atoms with van der Waals surface area (Å²) in [5.41, 5.74) is -0.447. The minimum atomic E-state index is -0.643. The molecule has 0 spiro atoms. The van der Waals surface area contributed by atoms with Gasteiger partial charge in [0.1, 0.15) is 11.3 Å². The minimum Gasteiger partial charge on any atom is -0.493 e. The number of carbonyl (C=O) groups excluding carboxylic acids is 1. The molecule has 2 aromatic rings. The van der Waals surface area contributed by atoms with Gasteiger partial charge in [0.05, 0.1) is 31.5 Å². The number of hydrogen-bond acceptors (Lipinski definition) is 6. The normalized spacial score (nSPS) is 10.6. The van der Waals surface area contributed by atoms with Crippen molar-refractivity contribution >= 4 is 17.5 Å². The summed E-state index contributed by atoms with van der Waals surface area (Å²) in [6.07, 6.45) is 4.10. The lowest BCUT2D eigenvalue weighted by Gasteiger charge is -2.09. The zero-order valence-electron chi connectivity index (χ0n) is 11.9. The number of hydrogen-bond donors (Lipinski definition) is 0. The number of allylic oxidation sites excluding steroid dienone is 1. The molecule has 1 aromatic heterocycles. The third kappa shape index (κ3) is 3.14. The first-order valence-electron chi connectivity index (χ1n) is 6.23. The van der Waals surface area contributed by atoms with E-state index in [1.165, 1.54) is 38.7 Å². The van der Waals surface area contributed by atoms with E-state index in [4.69, 9.17) is 13.9 Å². The van der Waals surface area contributed by atoms with Crippen LogP contribution in [-0.2, 0) is 0 Å². The summed E-state index contributed by atoms with van der Waals surface area (Å²) in [5.74, 6) is 0.351. The van der Waals surface area contributed by atoms with Gasteiger partial charge in [-0.3, -0.25) is 14.9 Å². The fourth-order valence-corrected chi connectivity index (χ4v) is 1.85. The smallest absolute Gasteiger partial charge is 0.284 e. The third-order valence-electron chi connectivity index (χ3n) is 2.91. The van der Waals surface area contributed by atoms with Gasteiger partial charge in [-0.2, -0.15) is 0 Å². The lowest BCUT2D eigenvalue weighted by molar-refractivity contribution is -0.385. The van der Waals surface area contributed by atoms with Crippen molar-refractivity contribution in [3.8, 4) is 11.5 Å². The number of carbonyl (C=O) groups is 1. The monoisotopic (exact) mass is 303 g/mol. The molecule has 0 aliphatic carbocycles. The van der Waals surface area contributed by atoms with E-state index in [9.17, 15) is 14.9 Å². The van der Waals surface area contributed by atoms with Gasteiger partial charge in [0.2, 0.25) is 0 Å². The maximum atomic E-state index is 12.2. The van der Waals surface area contributed by atoms with Gasteiger partial charge in [0.25, 0.3) is 5.69 Å². The zero-order chi connectivity index (χ0) is 16.1. The van der Waals surface area contributed by atoms with E-state index in [1.54, 1.807) is 12.1 Å². The van der Waals surface area contributed by atoms with Gasteiger partial charge in [-0.05, 0) is 24.3 Å². The second-order valence-electron chi connectivity index (χ2n) is 4.19. The van der Waals surface area contributed by atoms with Crippen LogP contribution < -0.4 is 9.47 Å². The van der Waals surface area contributed by atoms with Crippen molar-refractivity contribution < 1.29 is 23.6 Å². The molecule has 0 aliphatic heterocycles. The highest BCUT2D eigenvalue weighted by atomic mass is 16.6. The molecule has 0 atom stereocenters. The Hall–Kier alpha value is -3.09. The number of furan rings is 1. The predicted molar refractivity (Wildman–Crippen MR) is 78.3 cm³/mol. The molecule has 2 rings (SSSR count). The lowest BCUT2D eigenvalue weighted by Crippen LogP contribution is -2.03. The Labute approximate surface area is 125 Å². The summed E-state index contributed by atoms with van der Waals surface area (Å²) >= 11 is 0. The summed E-state index contributed by atoms with van der Waals surface area (Å²) in [5, 5.41) is 11.1. The van der Waals surface area contributed by atoms with Crippen molar-refractivity contribution in [3.63, 3.8) is 0 Å². The van der Waals surface area contributed by atoms with Crippen LogP contribution >= 0.6 is 0 Å². The molecule has 7 heteroatoms. The molecule has 0 amide bonds. The molecule has 0 bridgehead atoms. The maximum absolute atomic E-state index is 12.2. The van der Waals surface area contributed by atoms with Crippen molar-refractivity contribution in [2.75, 3.05) is 14.2 Å². The molecule has 7 nitrogen and oxygen atoms in total. The van der Waals surface area contributed by atoms with Crippen LogP contribution in [0.1, 0.15) is 16.1 Å². The maximum Gasteiger partial charge on any atom is 0.284 e. The summed E-state index contributed by atoms with van der Waals surface area (Å²) in [6.45, 7) is 0. The van der Waals surface area contributed by atoms with E-state index >= 15 is 0 Å². The number of methoxy groups -OCH3 is 2. The Bertz CT molecular complexity index is 718. The lowest BCUT2D eigenvalue weighted by atomic mass is 10.1. The minimum absolute atomic E-state index is 0.0922. The first-order chi connectivity index (χ1) is 10.6. The van der Waals surface area contributed by atoms with Crippen molar-refractivity contribution in [1.82, 2.24) is 0 Å². The first kappa shape index (κ1) is 15.3. The molecule has 114 valence electrons. The molecular weight excluding hydrogens is 290 g/mol. The van der Waals surface area contributed by atoms with Crippen molar-refractivity contribution in [3.05, 3.63) is 58.0 Å². The molecule has 0 N–H and O–H groups in total. The summed E-state index contributed by atoms with van der Waals surface area (Å²) in [6, 6.07) is 5.77. The Morgan fingerprint density at radius 1 is 1.27 bits per heavy atom. The summed E-state index contributed by atoms with van der Waals surface area (Å²) in [4.78, 5) is 22.7. The van der Waals surface area contributed by atoms with Crippen LogP contribution in [0.25, 0.3) is 6.08 Å². The molecule has 0 radical (unpaired) electrons. The van der Waals surface area contributed by atoms with Crippen LogP contribution in [-0.4, -0.2) is 24.9 Å². The number of benzene rings is 1. The molecule has 0 aliphatic rings. The molecular formula is C15H13NO6. The van der Waals surface area contributed by atoms with Crippen molar-refractivity contribution in [1.29, 1.82) is 0 Å². The number of nitro benzene ring substituents is 1. The average Bonchev–Trinajstić information content (AvgIpc) is 3.04. The predicted octanol–water partition coefficient (Wildman–Crippen LogP) is 3.10. The highest BCUT2D eigenvalue weighted by Gasteiger charge is 2.23. The highest BCUT2D eigenvalue weighted by Crippen LogP contribution is 2.34. The van der Waals surface area contributed by atoms with E-state index < -0.39 is 10.7 Å². The zero-order valence-corrected chi connectivity index (χ0v) is 11.9. The Morgan fingerprint density at radius 2 is 1.95 bits per heavy atom. The topological polar surface area (TPSA) is 91.8 Å². The molecule has 1 aromatic carbocycles. The Morgan fingerprint density at radius 3 is 2.50 bits per heavy atom. The molecule has 0 unspecified atom stereocenters. The number of ketones is 1. The van der Waals surface area contributed by atoms with Crippen LogP contribution in [0.2, 0.25) is 0 Å². The number of nitro groups is 1. The van der Waals surface area contributed by atoms with E-state index in [0.717, 1.165) is 6.07 Å². The second-order valence-corrected chi connectivity index (χ2v) is 4.19. The van der Waals surface area contributed by atoms with Crippen LogP contribution in [0.4, 0.5) is 5.69 Å². The van der Waals surface area contributed by atoms with Gasteiger partial charge in [0.15, 0.2) is 17.3 Å². The molecule has 1 heterocycles. The molecule has 0 saturated heterocycles. The summed E-state index contributed by atoms with van der Waals surface area (Å²) in [7, 11) is 2.75. The highest BCUT2D eigenvalue weighted by molar-refractivity contribution is 6.09. The van der Waals surface area contributed by atoms with Gasteiger partial charge in [-0.25, -0.2) is 0 Å². The summed E-state index contributed by atoms with van der Waals surface area (Å²) < 4.78 is 15.1. The number of ether oxygens (including phenoxy) is 2. The van der Waals surface area contributed by atoms with E-state index in [0.29, 0.717) is 5.76 Å². The fourth-order valence-electron chi connectivity index (χ4n) is 1.85. The number of nitrogens with zero attached hydrogens (tertiary/aromatic N) is 1. The van der Waals surface area contributed by atoms with E-state index in [-0.39, 0.29) is 22.7 Å². The van der Waals surface area contributed by atoms with Gasteiger partial charge < -0.3 is 13.9 Å². The quantitative estimate of drug-likeness (QED) is 0.352. The Kier molecular flexibility index (Phi) is 4.57. The second kappa shape index (κ2) is 6.57. The van der Waals surface area contributed by atoms with E-state index in [2.05, 4.69) is 0 Å². The van der Waals surface area contributed by atoms with Crippen LogP contribution in [0.15, 0.2) is 41.0 Å². The van der Waals surface area contributed by atoms with Gasteiger partial charge in [-0.1, -0.05) is 0 Å². The third-order valence-corrected chi connectivity index (χ3v) is 2.91. The number of rotatable bonds is 6.